The van der Waals surface area contributed by atoms with Gasteiger partial charge in [-0.25, -0.2) is 0 Å². The Morgan fingerprint density at radius 1 is 1.55 bits per heavy atom. The van der Waals surface area contributed by atoms with Gasteiger partial charge >= 0.3 is 0 Å². The fourth-order valence-corrected chi connectivity index (χ4v) is 3.01. The first-order valence-corrected chi connectivity index (χ1v) is 7.68. The van der Waals surface area contributed by atoms with Gasteiger partial charge in [-0.2, -0.15) is 4.98 Å². The summed E-state index contributed by atoms with van der Waals surface area (Å²) in [6.45, 7) is 5.09. The van der Waals surface area contributed by atoms with Crippen LogP contribution in [0.2, 0.25) is 0 Å². The molecule has 0 aromatic carbocycles. The zero-order chi connectivity index (χ0) is 14.6. The van der Waals surface area contributed by atoms with Gasteiger partial charge in [0.05, 0.1) is 0 Å². The van der Waals surface area contributed by atoms with Gasteiger partial charge in [0.1, 0.15) is 5.60 Å². The van der Waals surface area contributed by atoms with Crippen molar-refractivity contribution >= 4 is 0 Å². The van der Waals surface area contributed by atoms with Crippen LogP contribution in [0.1, 0.15) is 57.7 Å². The Morgan fingerprint density at radius 2 is 2.35 bits per heavy atom. The Hall–Kier alpha value is -0.940. The van der Waals surface area contributed by atoms with E-state index in [0.29, 0.717) is 24.3 Å². The lowest BCUT2D eigenvalue weighted by atomic mass is 9.78. The highest BCUT2D eigenvalue weighted by atomic mass is 16.5. The van der Waals surface area contributed by atoms with Crippen molar-refractivity contribution in [2.45, 2.75) is 58.0 Å². The van der Waals surface area contributed by atoms with E-state index in [1.165, 1.54) is 6.42 Å². The summed E-state index contributed by atoms with van der Waals surface area (Å²) in [5.41, 5.74) is 5.28. The van der Waals surface area contributed by atoms with Gasteiger partial charge in [-0.3, -0.25) is 0 Å². The Labute approximate surface area is 121 Å². The van der Waals surface area contributed by atoms with Crippen molar-refractivity contribution in [3.8, 4) is 0 Å². The molecule has 1 aliphatic rings. The van der Waals surface area contributed by atoms with Crippen molar-refractivity contribution in [3.63, 3.8) is 0 Å². The molecule has 0 spiro atoms. The number of rotatable bonds is 6. The molecule has 1 heterocycles. The second-order valence-corrected chi connectivity index (χ2v) is 6.29. The van der Waals surface area contributed by atoms with Gasteiger partial charge in [0.25, 0.3) is 0 Å². The molecule has 114 valence electrons. The van der Waals surface area contributed by atoms with E-state index in [9.17, 15) is 0 Å². The fourth-order valence-electron chi connectivity index (χ4n) is 3.01. The van der Waals surface area contributed by atoms with Crippen LogP contribution < -0.4 is 5.73 Å². The molecule has 1 aromatic heterocycles. The van der Waals surface area contributed by atoms with Crippen LogP contribution >= 0.6 is 0 Å². The van der Waals surface area contributed by atoms with Crippen LogP contribution in [0.25, 0.3) is 0 Å². The van der Waals surface area contributed by atoms with Crippen LogP contribution in [-0.2, 0) is 16.8 Å². The van der Waals surface area contributed by atoms with Crippen LogP contribution in [0.4, 0.5) is 0 Å². The molecular weight excluding hydrogens is 254 g/mol. The van der Waals surface area contributed by atoms with Crippen LogP contribution in [0.3, 0.4) is 0 Å². The average Bonchev–Trinajstić information content (AvgIpc) is 2.94. The fraction of sp³-hybridized carbons (Fsp3) is 0.867. The number of methoxy groups -OCH3 is 1. The van der Waals surface area contributed by atoms with E-state index >= 15 is 0 Å². The second-order valence-electron chi connectivity index (χ2n) is 6.29. The first kappa shape index (κ1) is 15.4. The standard InChI is InChI=1S/C15H27N3O2/c1-11-5-4-8-15(9-11,19-3)14-17-13(20-18-14)7-6-12(2)10-16/h11-12H,4-10,16H2,1-3H3. The molecule has 0 aliphatic heterocycles. The maximum Gasteiger partial charge on any atom is 0.226 e. The molecule has 3 atom stereocenters. The largest absolute Gasteiger partial charge is 0.370 e. The summed E-state index contributed by atoms with van der Waals surface area (Å²) in [6.07, 6.45) is 6.13. The first-order chi connectivity index (χ1) is 9.59. The third-order valence-corrected chi connectivity index (χ3v) is 4.48. The predicted molar refractivity (Wildman–Crippen MR) is 77.2 cm³/mol. The Kier molecular flexibility index (Phi) is 5.16. The Balaban J connectivity index is 2.06. The number of hydrogen-bond acceptors (Lipinski definition) is 5. The van der Waals surface area contributed by atoms with Crippen molar-refractivity contribution in [1.82, 2.24) is 10.1 Å². The monoisotopic (exact) mass is 281 g/mol. The Morgan fingerprint density at radius 3 is 3.00 bits per heavy atom. The maximum atomic E-state index is 5.79. The number of aryl methyl sites for hydroxylation is 1. The molecule has 0 radical (unpaired) electrons. The van der Waals surface area contributed by atoms with Gasteiger partial charge in [-0.1, -0.05) is 25.4 Å². The lowest BCUT2D eigenvalue weighted by Crippen LogP contribution is -2.35. The summed E-state index contributed by atoms with van der Waals surface area (Å²) in [6, 6.07) is 0. The molecule has 1 aliphatic carbocycles. The van der Waals surface area contributed by atoms with Crippen molar-refractivity contribution < 1.29 is 9.26 Å². The summed E-state index contributed by atoms with van der Waals surface area (Å²) in [4.78, 5) is 4.57. The van der Waals surface area contributed by atoms with Gasteiger partial charge in [0.15, 0.2) is 0 Å². The van der Waals surface area contributed by atoms with Gasteiger partial charge in [-0.05, 0) is 44.1 Å². The van der Waals surface area contributed by atoms with Crippen molar-refractivity contribution in [2.75, 3.05) is 13.7 Å². The zero-order valence-corrected chi connectivity index (χ0v) is 12.9. The van der Waals surface area contributed by atoms with Gasteiger partial charge in [0.2, 0.25) is 11.7 Å². The van der Waals surface area contributed by atoms with E-state index < -0.39 is 0 Å². The molecular formula is C15H27N3O2. The summed E-state index contributed by atoms with van der Waals surface area (Å²) >= 11 is 0. The topological polar surface area (TPSA) is 74.2 Å². The molecule has 1 saturated carbocycles. The average molecular weight is 281 g/mol. The normalized spacial score (nSPS) is 28.5. The zero-order valence-electron chi connectivity index (χ0n) is 12.9. The van der Waals surface area contributed by atoms with Crippen LogP contribution in [0, 0.1) is 11.8 Å². The van der Waals surface area contributed by atoms with Crippen LogP contribution in [0.15, 0.2) is 4.52 Å². The highest BCUT2D eigenvalue weighted by molar-refractivity contribution is 5.04. The van der Waals surface area contributed by atoms with Crippen molar-refractivity contribution in [1.29, 1.82) is 0 Å². The maximum absolute atomic E-state index is 5.79. The highest BCUT2D eigenvalue weighted by Gasteiger charge is 2.40. The van der Waals surface area contributed by atoms with E-state index in [4.69, 9.17) is 15.0 Å². The molecule has 2 rings (SSSR count). The highest BCUT2D eigenvalue weighted by Crippen LogP contribution is 2.41. The molecule has 1 fully saturated rings. The lowest BCUT2D eigenvalue weighted by molar-refractivity contribution is -0.0658. The first-order valence-electron chi connectivity index (χ1n) is 7.68. The van der Waals surface area contributed by atoms with E-state index in [2.05, 4.69) is 24.0 Å². The second kappa shape index (κ2) is 6.68. The molecule has 2 N–H and O–H groups in total. The quantitative estimate of drug-likeness (QED) is 0.867. The van der Waals surface area contributed by atoms with E-state index in [1.807, 2.05) is 0 Å². The van der Waals surface area contributed by atoms with Crippen molar-refractivity contribution in [2.24, 2.45) is 17.6 Å². The van der Waals surface area contributed by atoms with E-state index in [0.717, 1.165) is 37.9 Å². The van der Waals surface area contributed by atoms with Gasteiger partial charge in [-0.15, -0.1) is 0 Å². The summed E-state index contributed by atoms with van der Waals surface area (Å²) in [5, 5.41) is 4.18. The molecule has 5 heteroatoms. The van der Waals surface area contributed by atoms with E-state index in [1.54, 1.807) is 7.11 Å². The molecule has 0 bridgehead atoms. The lowest BCUT2D eigenvalue weighted by Gasteiger charge is -2.36. The molecule has 1 aromatic rings. The number of nitrogens with zero attached hydrogens (tertiary/aromatic N) is 2. The number of hydrogen-bond donors (Lipinski definition) is 1. The molecule has 3 unspecified atom stereocenters. The molecule has 20 heavy (non-hydrogen) atoms. The number of ether oxygens (including phenoxy) is 1. The summed E-state index contributed by atoms with van der Waals surface area (Å²) in [5.74, 6) is 2.55. The van der Waals surface area contributed by atoms with Crippen LogP contribution in [-0.4, -0.2) is 23.8 Å². The third kappa shape index (κ3) is 3.38. The van der Waals surface area contributed by atoms with Gasteiger partial charge < -0.3 is 15.0 Å². The van der Waals surface area contributed by atoms with Crippen molar-refractivity contribution in [3.05, 3.63) is 11.7 Å². The molecule has 0 saturated heterocycles. The smallest absolute Gasteiger partial charge is 0.226 e. The third-order valence-electron chi connectivity index (χ3n) is 4.48. The Bertz CT molecular complexity index is 421. The number of aromatic nitrogens is 2. The number of nitrogens with two attached hydrogens (primary N) is 1. The SMILES string of the molecule is COC1(c2noc(CCC(C)CN)n2)CCCC(C)C1. The minimum atomic E-state index is -0.348. The molecule has 5 nitrogen and oxygen atoms in total. The minimum absolute atomic E-state index is 0.348. The predicted octanol–water partition coefficient (Wildman–Crippen LogP) is 2.65. The van der Waals surface area contributed by atoms with Crippen LogP contribution in [0.5, 0.6) is 0 Å². The van der Waals surface area contributed by atoms with Gasteiger partial charge in [0, 0.05) is 13.5 Å². The van der Waals surface area contributed by atoms with E-state index in [-0.39, 0.29) is 5.60 Å². The molecule has 0 amide bonds. The minimum Gasteiger partial charge on any atom is -0.370 e. The summed E-state index contributed by atoms with van der Waals surface area (Å²) in [7, 11) is 1.75. The summed E-state index contributed by atoms with van der Waals surface area (Å²) < 4.78 is 11.2.